The Morgan fingerprint density at radius 3 is 2.07 bits per heavy atom. The molecule has 2 heterocycles. The minimum atomic E-state index is -1.60. The van der Waals surface area contributed by atoms with Crippen LogP contribution in [0.2, 0.25) is 0 Å². The van der Waals surface area contributed by atoms with Crippen molar-refractivity contribution < 1.29 is 53.7 Å². The number of aromatic nitrogens is 2. The monoisotopic (exact) mass is 1020 g/mol. The summed E-state index contributed by atoms with van der Waals surface area (Å²) >= 11 is 0. The molecule has 0 spiro atoms. The summed E-state index contributed by atoms with van der Waals surface area (Å²) in [7, 11) is 0. The smallest absolute Gasteiger partial charge is 0.326 e. The van der Waals surface area contributed by atoms with Crippen LogP contribution in [0.4, 0.5) is 0 Å². The molecule has 29 nitrogen and oxygen atoms in total. The molecule has 0 aliphatic carbocycles. The fourth-order valence-electron chi connectivity index (χ4n) is 7.53. The predicted octanol–water partition coefficient (Wildman–Crippen LogP) is -6.75. The van der Waals surface area contributed by atoms with Gasteiger partial charge < -0.3 is 91.5 Å². The zero-order valence-corrected chi connectivity index (χ0v) is 40.9. The van der Waals surface area contributed by atoms with Crippen LogP contribution in [-0.2, 0) is 44.8 Å². The Labute approximate surface area is 417 Å². The number of carboxylic acids is 1. The first-order chi connectivity index (χ1) is 34.3. The maximum atomic E-state index is 14.2. The van der Waals surface area contributed by atoms with Crippen molar-refractivity contribution in [2.24, 2.45) is 39.4 Å². The van der Waals surface area contributed by atoms with Crippen LogP contribution in [0.25, 0.3) is 0 Å². The van der Waals surface area contributed by atoms with E-state index in [9.17, 15) is 53.7 Å². The molecule has 7 amide bonds. The molecule has 0 bridgehead atoms. The minimum absolute atomic E-state index is 0.0194. The molecule has 1 aromatic rings. The Kier molecular flexibility index (Phi) is 28.6. The van der Waals surface area contributed by atoms with E-state index in [1.807, 2.05) is 0 Å². The van der Waals surface area contributed by atoms with Crippen molar-refractivity contribution in [1.29, 1.82) is 5.41 Å². The molecular weight excluding hydrogens is 945 g/mol. The molecule has 1 aliphatic rings. The molecule has 72 heavy (non-hydrogen) atoms. The van der Waals surface area contributed by atoms with Gasteiger partial charge in [0.1, 0.15) is 42.5 Å². The predicted molar refractivity (Wildman–Crippen MR) is 263 cm³/mol. The van der Waals surface area contributed by atoms with Gasteiger partial charge in [-0.3, -0.25) is 49.3 Å². The van der Waals surface area contributed by atoms with Gasteiger partial charge in [0.15, 0.2) is 5.96 Å². The average molecular weight is 1020 g/mol. The van der Waals surface area contributed by atoms with Gasteiger partial charge in [-0.1, -0.05) is 0 Å². The largest absolute Gasteiger partial charge is 0.480 e. The number of aliphatic carboxylic acids is 1. The number of likely N-dealkylation sites (tertiary alicyclic amines) is 1. The number of guanidine groups is 1. The van der Waals surface area contributed by atoms with Gasteiger partial charge in [-0.05, 0) is 104 Å². The lowest BCUT2D eigenvalue weighted by Gasteiger charge is -2.31. The van der Waals surface area contributed by atoms with Crippen molar-refractivity contribution in [1.82, 2.24) is 52.1 Å². The minimum Gasteiger partial charge on any atom is -0.480 e. The number of unbranched alkanes of at least 4 members (excludes halogenated alkanes) is 2. The topological polar surface area (TPSA) is 506 Å². The Morgan fingerprint density at radius 1 is 0.806 bits per heavy atom. The van der Waals surface area contributed by atoms with E-state index in [1.165, 1.54) is 24.3 Å². The van der Waals surface area contributed by atoms with Crippen LogP contribution in [0.3, 0.4) is 0 Å². The van der Waals surface area contributed by atoms with Crippen molar-refractivity contribution in [2.75, 3.05) is 45.8 Å². The van der Waals surface area contributed by atoms with Crippen LogP contribution in [0.15, 0.2) is 17.5 Å². The summed E-state index contributed by atoms with van der Waals surface area (Å²) in [6.07, 6.45) is 2.90. The molecule has 1 aliphatic heterocycles. The summed E-state index contributed by atoms with van der Waals surface area (Å²) in [5, 5.41) is 56.9. The molecule has 24 N–H and O–H groups in total. The number of carbonyl (C=O) groups excluding carboxylic acids is 7. The Hall–Kier alpha value is -6.37. The quantitative estimate of drug-likeness (QED) is 0.0129. The number of amides is 7. The number of aliphatic hydroxyl groups is 2. The third-order valence-corrected chi connectivity index (χ3v) is 11.6. The molecule has 0 radical (unpaired) electrons. The first-order valence-corrected chi connectivity index (χ1v) is 24.1. The van der Waals surface area contributed by atoms with Crippen LogP contribution in [0.1, 0.15) is 89.7 Å². The van der Waals surface area contributed by atoms with Crippen LogP contribution in [0, 0.1) is 5.41 Å². The lowest BCUT2D eigenvalue weighted by Crippen LogP contribution is -2.60. The summed E-state index contributed by atoms with van der Waals surface area (Å²) in [5.41, 5.74) is 33.3. The Morgan fingerprint density at radius 2 is 1.44 bits per heavy atom. The van der Waals surface area contributed by atoms with E-state index in [2.05, 4.69) is 52.2 Å². The van der Waals surface area contributed by atoms with Gasteiger partial charge in [0.05, 0.1) is 30.7 Å². The molecule has 1 aromatic heterocycles. The number of nitrogens with one attached hydrogen (secondary N) is 9. The third-order valence-electron chi connectivity index (χ3n) is 11.6. The number of imidazole rings is 1. The van der Waals surface area contributed by atoms with Gasteiger partial charge in [0.25, 0.3) is 5.91 Å². The number of hydrogen-bond acceptors (Lipinski definition) is 18. The van der Waals surface area contributed by atoms with E-state index in [0.717, 1.165) is 0 Å². The van der Waals surface area contributed by atoms with Crippen molar-refractivity contribution in [3.8, 4) is 0 Å². The van der Waals surface area contributed by atoms with E-state index < -0.39 is 115 Å². The van der Waals surface area contributed by atoms with Crippen molar-refractivity contribution in [3.05, 3.63) is 18.2 Å². The first kappa shape index (κ1) is 61.7. The lowest BCUT2D eigenvalue weighted by molar-refractivity contribution is -0.142. The fourth-order valence-corrected chi connectivity index (χ4v) is 7.53. The number of aliphatic hydroxyl groups excluding tert-OH is 2. The van der Waals surface area contributed by atoms with Crippen LogP contribution in [0.5, 0.6) is 0 Å². The van der Waals surface area contributed by atoms with Crippen molar-refractivity contribution in [2.45, 2.75) is 145 Å². The number of aliphatic imine (C=N–C) groups is 1. The zero-order valence-electron chi connectivity index (χ0n) is 40.9. The van der Waals surface area contributed by atoms with Crippen molar-refractivity contribution >= 4 is 59.0 Å². The SMILES string of the molecule is C[C@H](NC(=O)[C@@H](NC(=O)C(=N)CCCCN)[C@@H](O)CN)C(=O)NCC(O)N[C@H](CCCN)C(=O)N1CCC[C@H]1C(=O)N[C@@H](Cc1cnc[nH]1)C(=O)N[C@@H](CCCCN)C(=O)NC(CCCN=C(N)N)C(=O)O. The second kappa shape index (κ2) is 33.3. The number of rotatable bonds is 36. The lowest BCUT2D eigenvalue weighted by atomic mass is 10.0. The van der Waals surface area contributed by atoms with Gasteiger partial charge in [-0.15, -0.1) is 0 Å². The van der Waals surface area contributed by atoms with Gasteiger partial charge in [-0.2, -0.15) is 0 Å². The van der Waals surface area contributed by atoms with E-state index in [4.69, 9.17) is 39.8 Å². The second-order valence-corrected chi connectivity index (χ2v) is 17.3. The van der Waals surface area contributed by atoms with Crippen molar-refractivity contribution in [3.63, 3.8) is 0 Å². The number of hydrogen-bond donors (Lipinski definition) is 18. The summed E-state index contributed by atoms with van der Waals surface area (Å²) in [5.74, 6) is -6.99. The molecule has 1 fully saturated rings. The van der Waals surface area contributed by atoms with E-state index in [1.54, 1.807) is 0 Å². The number of carboxylic acid groups (broad SMARTS) is 1. The standard InChI is InChI=1S/C43H78N18O11/c1-24(55-40(69)34(32(62)20-47)60-36(65)26(48)9-2-4-14-44)35(64)53-22-33(63)56-28(11-6-16-46)41(70)61-18-8-13-31(61)39(68)59-30(19-25-21-51-23-54-25)38(67)57-27(10-3-5-15-45)37(66)58-29(42(71)72)12-7-17-52-43(49)50/h21,23-24,27-34,48,56,62-63H,2-20,22,44-47H2,1H3,(H,51,54)(H,53,64)(H,55,69)(H,57,67)(H,58,66)(H,59,68)(H,60,65)(H,71,72)(H4,49,50,52)/t24-,27-,28+,29?,30-,31-,32-,33?,34-/m0/s1. The number of carbonyl (C=O) groups is 8. The van der Waals surface area contributed by atoms with E-state index in [-0.39, 0.29) is 82.8 Å². The highest BCUT2D eigenvalue weighted by molar-refractivity contribution is 6.37. The number of aromatic amines is 1. The summed E-state index contributed by atoms with van der Waals surface area (Å²) < 4.78 is 0. The van der Waals surface area contributed by atoms with E-state index >= 15 is 0 Å². The van der Waals surface area contributed by atoms with Gasteiger partial charge in [0, 0.05) is 37.9 Å². The molecule has 0 aromatic carbocycles. The molecule has 406 valence electrons. The molecule has 0 saturated carbocycles. The van der Waals surface area contributed by atoms with Crippen LogP contribution < -0.4 is 71.6 Å². The number of nitrogens with two attached hydrogens (primary N) is 6. The molecule has 29 heteroatoms. The third kappa shape index (κ3) is 22.0. The zero-order chi connectivity index (χ0) is 53.8. The summed E-state index contributed by atoms with van der Waals surface area (Å²) in [6, 6.07) is -8.95. The van der Waals surface area contributed by atoms with E-state index in [0.29, 0.717) is 50.8 Å². The second-order valence-electron chi connectivity index (χ2n) is 17.3. The number of nitrogens with zero attached hydrogens (tertiary/aromatic N) is 3. The summed E-state index contributed by atoms with van der Waals surface area (Å²) in [6.45, 7) is 1.49. The highest BCUT2D eigenvalue weighted by Gasteiger charge is 2.40. The maximum Gasteiger partial charge on any atom is 0.326 e. The Balaban J connectivity index is 2.18. The molecule has 9 atom stereocenters. The normalized spacial score (nSPS) is 16.6. The van der Waals surface area contributed by atoms with Crippen LogP contribution in [-0.4, -0.2) is 190 Å². The first-order valence-electron chi connectivity index (χ1n) is 24.1. The molecule has 2 unspecified atom stereocenters. The van der Waals surface area contributed by atoms with Crippen LogP contribution >= 0.6 is 0 Å². The molecule has 2 rings (SSSR count). The molecular formula is C43H78N18O11. The Bertz CT molecular complexity index is 1940. The highest BCUT2D eigenvalue weighted by atomic mass is 16.4. The number of H-pyrrole nitrogens is 1. The fraction of sp³-hybridized carbons (Fsp3) is 0.698. The molecule has 1 saturated heterocycles. The average Bonchev–Trinajstić information content (AvgIpc) is 4.06. The van der Waals surface area contributed by atoms with Gasteiger partial charge in [0.2, 0.25) is 35.4 Å². The van der Waals surface area contributed by atoms with Gasteiger partial charge in [-0.25, -0.2) is 9.78 Å². The van der Waals surface area contributed by atoms with Gasteiger partial charge >= 0.3 is 5.97 Å². The summed E-state index contributed by atoms with van der Waals surface area (Å²) in [4.78, 5) is 119. The maximum absolute atomic E-state index is 14.2. The highest BCUT2D eigenvalue weighted by Crippen LogP contribution is 2.21.